The van der Waals surface area contributed by atoms with Crippen LogP contribution >= 0.6 is 0 Å². The van der Waals surface area contributed by atoms with E-state index in [0.717, 1.165) is 25.0 Å². The molecule has 8 heteroatoms. The van der Waals surface area contributed by atoms with Crippen molar-refractivity contribution in [3.05, 3.63) is 41.6 Å². The van der Waals surface area contributed by atoms with Gasteiger partial charge in [-0.3, -0.25) is 9.59 Å². The summed E-state index contributed by atoms with van der Waals surface area (Å²) >= 11 is 0. The summed E-state index contributed by atoms with van der Waals surface area (Å²) in [6.07, 6.45) is 2.16. The molecule has 1 aliphatic heterocycles. The summed E-state index contributed by atoms with van der Waals surface area (Å²) in [6.45, 7) is 6.36. The SMILES string of the molecule is CCC[C@H]1CN(C(=O)c2cc(-c3ccc(F)cc3F)on2)[C@@H](CC(C)C)C(=O)N1. The molecule has 2 atom stereocenters. The highest BCUT2D eigenvalue weighted by Gasteiger charge is 2.38. The highest BCUT2D eigenvalue weighted by Crippen LogP contribution is 2.26. The second kappa shape index (κ2) is 8.71. The van der Waals surface area contributed by atoms with Gasteiger partial charge in [0.15, 0.2) is 11.5 Å². The van der Waals surface area contributed by atoms with Crippen LogP contribution in [0.1, 0.15) is 50.5 Å². The fraction of sp³-hybridized carbons (Fsp3) is 0.476. The van der Waals surface area contributed by atoms with E-state index in [1.54, 1.807) is 0 Å². The van der Waals surface area contributed by atoms with Crippen LogP contribution in [0.15, 0.2) is 28.8 Å². The minimum absolute atomic E-state index is 0.0110. The normalized spacial score (nSPS) is 19.5. The summed E-state index contributed by atoms with van der Waals surface area (Å²) in [4.78, 5) is 27.3. The Morgan fingerprint density at radius 2 is 2.10 bits per heavy atom. The molecule has 6 nitrogen and oxygen atoms in total. The van der Waals surface area contributed by atoms with Crippen molar-refractivity contribution >= 4 is 11.8 Å². The lowest BCUT2D eigenvalue weighted by Gasteiger charge is -2.39. The molecule has 29 heavy (non-hydrogen) atoms. The maximum absolute atomic E-state index is 14.0. The molecule has 1 N–H and O–H groups in total. The Balaban J connectivity index is 1.88. The Hall–Kier alpha value is -2.77. The molecule has 2 heterocycles. The Kier molecular flexibility index (Phi) is 6.30. The number of nitrogens with one attached hydrogen (secondary N) is 1. The van der Waals surface area contributed by atoms with Gasteiger partial charge in [-0.05, 0) is 30.9 Å². The number of carbonyl (C=O) groups is 2. The van der Waals surface area contributed by atoms with Crippen LogP contribution < -0.4 is 5.32 Å². The third-order valence-electron chi connectivity index (χ3n) is 4.96. The molecule has 0 saturated carbocycles. The minimum Gasteiger partial charge on any atom is -0.355 e. The van der Waals surface area contributed by atoms with Gasteiger partial charge in [0, 0.05) is 24.7 Å². The van der Waals surface area contributed by atoms with Crippen molar-refractivity contribution < 1.29 is 22.9 Å². The minimum atomic E-state index is -0.807. The molecule has 1 fully saturated rings. The molecule has 0 bridgehead atoms. The van der Waals surface area contributed by atoms with Gasteiger partial charge in [-0.15, -0.1) is 0 Å². The molecule has 1 aromatic heterocycles. The van der Waals surface area contributed by atoms with Gasteiger partial charge in [-0.2, -0.15) is 0 Å². The van der Waals surface area contributed by atoms with E-state index >= 15 is 0 Å². The van der Waals surface area contributed by atoms with E-state index < -0.39 is 23.6 Å². The molecule has 0 unspecified atom stereocenters. The van der Waals surface area contributed by atoms with Crippen LogP contribution in [-0.2, 0) is 4.79 Å². The summed E-state index contributed by atoms with van der Waals surface area (Å²) in [5.74, 6) is -1.89. The number of carbonyl (C=O) groups excluding carboxylic acids is 2. The molecule has 156 valence electrons. The monoisotopic (exact) mass is 405 g/mol. The summed E-state index contributed by atoms with van der Waals surface area (Å²) in [6, 6.07) is 3.67. The first-order valence-corrected chi connectivity index (χ1v) is 9.83. The second-order valence-electron chi connectivity index (χ2n) is 7.80. The zero-order valence-electron chi connectivity index (χ0n) is 16.7. The van der Waals surface area contributed by atoms with Crippen LogP contribution in [-0.4, -0.2) is 40.5 Å². The zero-order chi connectivity index (χ0) is 21.1. The van der Waals surface area contributed by atoms with Crippen molar-refractivity contribution in [1.82, 2.24) is 15.4 Å². The molecule has 1 saturated heterocycles. The smallest absolute Gasteiger partial charge is 0.276 e. The van der Waals surface area contributed by atoms with Crippen molar-refractivity contribution in [2.45, 2.75) is 52.1 Å². The van der Waals surface area contributed by atoms with Crippen molar-refractivity contribution in [3.8, 4) is 11.3 Å². The Bertz CT molecular complexity index is 897. The Labute approximate surface area is 168 Å². The molecule has 0 aliphatic carbocycles. The van der Waals surface area contributed by atoms with E-state index in [0.29, 0.717) is 13.0 Å². The second-order valence-corrected chi connectivity index (χ2v) is 7.80. The van der Waals surface area contributed by atoms with Crippen molar-refractivity contribution in [3.63, 3.8) is 0 Å². The number of amides is 2. The average Bonchev–Trinajstić information content (AvgIpc) is 3.13. The van der Waals surface area contributed by atoms with Crippen LogP contribution in [0.5, 0.6) is 0 Å². The quantitative estimate of drug-likeness (QED) is 0.794. The van der Waals surface area contributed by atoms with Crippen LogP contribution in [0.25, 0.3) is 11.3 Å². The molecular weight excluding hydrogens is 380 g/mol. The van der Waals surface area contributed by atoms with E-state index in [1.165, 1.54) is 17.0 Å². The number of aromatic nitrogens is 1. The molecule has 1 aliphatic rings. The van der Waals surface area contributed by atoms with E-state index in [1.807, 2.05) is 20.8 Å². The highest BCUT2D eigenvalue weighted by atomic mass is 19.1. The van der Waals surface area contributed by atoms with Gasteiger partial charge in [0.05, 0.1) is 5.56 Å². The van der Waals surface area contributed by atoms with Gasteiger partial charge in [-0.25, -0.2) is 8.78 Å². The number of hydrogen-bond acceptors (Lipinski definition) is 4. The summed E-state index contributed by atoms with van der Waals surface area (Å²) < 4.78 is 32.3. The predicted molar refractivity (Wildman–Crippen MR) is 103 cm³/mol. The van der Waals surface area contributed by atoms with Crippen LogP contribution in [0.4, 0.5) is 8.78 Å². The zero-order valence-corrected chi connectivity index (χ0v) is 16.7. The topological polar surface area (TPSA) is 75.4 Å². The van der Waals surface area contributed by atoms with Crippen molar-refractivity contribution in [2.24, 2.45) is 5.92 Å². The predicted octanol–water partition coefficient (Wildman–Crippen LogP) is 3.78. The molecule has 2 amide bonds. The third-order valence-corrected chi connectivity index (χ3v) is 4.96. The molecule has 0 spiro atoms. The summed E-state index contributed by atoms with van der Waals surface area (Å²) in [7, 11) is 0. The van der Waals surface area contributed by atoms with Gasteiger partial charge in [-0.1, -0.05) is 32.3 Å². The molecule has 2 aromatic rings. The third kappa shape index (κ3) is 4.63. The van der Waals surface area contributed by atoms with Gasteiger partial charge < -0.3 is 14.7 Å². The number of benzene rings is 1. The first kappa shape index (κ1) is 21.0. The van der Waals surface area contributed by atoms with E-state index in [9.17, 15) is 18.4 Å². The van der Waals surface area contributed by atoms with Gasteiger partial charge in [0.1, 0.15) is 17.7 Å². The number of halogens is 2. The van der Waals surface area contributed by atoms with Gasteiger partial charge in [0.25, 0.3) is 5.91 Å². The van der Waals surface area contributed by atoms with E-state index in [4.69, 9.17) is 4.52 Å². The lowest BCUT2D eigenvalue weighted by atomic mass is 9.96. The first-order valence-electron chi connectivity index (χ1n) is 9.83. The van der Waals surface area contributed by atoms with E-state index in [-0.39, 0.29) is 34.9 Å². The fourth-order valence-electron chi connectivity index (χ4n) is 3.61. The van der Waals surface area contributed by atoms with Gasteiger partial charge >= 0.3 is 0 Å². The number of nitrogens with zero attached hydrogens (tertiary/aromatic N) is 2. The largest absolute Gasteiger partial charge is 0.355 e. The molecule has 1 aromatic carbocycles. The lowest BCUT2D eigenvalue weighted by Crippen LogP contribution is -2.61. The van der Waals surface area contributed by atoms with Crippen molar-refractivity contribution in [2.75, 3.05) is 6.54 Å². The number of rotatable bonds is 6. The first-order chi connectivity index (χ1) is 13.8. The standard InChI is InChI=1S/C21H25F2N3O3/c1-4-5-14-11-26(18(8-12(2)3)20(27)24-14)21(28)17-10-19(29-25-17)15-7-6-13(22)9-16(15)23/h6-7,9-10,12,14,18H,4-5,8,11H2,1-3H3,(H,24,27)/t14-,18-/m0/s1. The number of piperazine rings is 1. The Morgan fingerprint density at radius 1 is 1.34 bits per heavy atom. The van der Waals surface area contributed by atoms with E-state index in [2.05, 4.69) is 10.5 Å². The Morgan fingerprint density at radius 3 is 2.76 bits per heavy atom. The van der Waals surface area contributed by atoms with Gasteiger partial charge in [0.2, 0.25) is 5.91 Å². The molecule has 3 rings (SSSR count). The fourth-order valence-corrected chi connectivity index (χ4v) is 3.61. The maximum Gasteiger partial charge on any atom is 0.276 e. The van der Waals surface area contributed by atoms with Crippen molar-refractivity contribution in [1.29, 1.82) is 0 Å². The summed E-state index contributed by atoms with van der Waals surface area (Å²) in [5, 5.41) is 6.77. The summed E-state index contributed by atoms with van der Waals surface area (Å²) in [5.41, 5.74) is -0.000596. The van der Waals surface area contributed by atoms with Crippen LogP contribution in [0.2, 0.25) is 0 Å². The number of hydrogen-bond donors (Lipinski definition) is 1. The van der Waals surface area contributed by atoms with Crippen LogP contribution in [0.3, 0.4) is 0 Å². The highest BCUT2D eigenvalue weighted by molar-refractivity contribution is 5.97. The molecular formula is C21H25F2N3O3. The average molecular weight is 405 g/mol. The lowest BCUT2D eigenvalue weighted by molar-refractivity contribution is -0.130. The maximum atomic E-state index is 14.0. The molecule has 0 radical (unpaired) electrons. The van der Waals surface area contributed by atoms with Crippen LogP contribution in [0, 0.1) is 17.6 Å².